The van der Waals surface area contributed by atoms with Crippen molar-refractivity contribution in [1.29, 1.82) is 0 Å². The third-order valence-corrected chi connectivity index (χ3v) is 4.46. The highest BCUT2D eigenvalue weighted by molar-refractivity contribution is 5.38. The minimum Gasteiger partial charge on any atom is -0.508 e. The molecule has 1 unspecified atom stereocenters. The van der Waals surface area contributed by atoms with Gasteiger partial charge in [0.15, 0.2) is 0 Å². The molecule has 1 aliphatic heterocycles. The molecule has 0 spiro atoms. The first-order valence-corrected chi connectivity index (χ1v) is 7.60. The van der Waals surface area contributed by atoms with Gasteiger partial charge in [-0.25, -0.2) is 0 Å². The van der Waals surface area contributed by atoms with Crippen LogP contribution in [0.2, 0.25) is 0 Å². The number of hydrogen-bond acceptors (Lipinski definition) is 3. The molecule has 3 nitrogen and oxygen atoms in total. The van der Waals surface area contributed by atoms with Gasteiger partial charge in [0, 0.05) is 19.1 Å². The SMILES string of the molecule is Oc1ccc2c(c1)C(NCCN1CCCC1)CCC2. The Morgan fingerprint density at radius 1 is 1.21 bits per heavy atom. The van der Waals surface area contributed by atoms with Crippen molar-refractivity contribution in [2.24, 2.45) is 0 Å². The zero-order chi connectivity index (χ0) is 13.1. The molecule has 2 aliphatic rings. The van der Waals surface area contributed by atoms with E-state index < -0.39 is 0 Å². The number of fused-ring (bicyclic) bond motifs is 1. The van der Waals surface area contributed by atoms with Crippen molar-refractivity contribution < 1.29 is 5.11 Å². The number of nitrogens with one attached hydrogen (secondary N) is 1. The molecule has 0 bridgehead atoms. The normalized spacial score (nSPS) is 23.5. The van der Waals surface area contributed by atoms with Crippen molar-refractivity contribution in [2.45, 2.75) is 38.1 Å². The molecule has 3 heteroatoms. The second kappa shape index (κ2) is 5.93. The Morgan fingerprint density at radius 3 is 2.89 bits per heavy atom. The molecular formula is C16H24N2O. The lowest BCUT2D eigenvalue weighted by atomic mass is 9.87. The fraction of sp³-hybridized carbons (Fsp3) is 0.625. The van der Waals surface area contributed by atoms with Crippen LogP contribution >= 0.6 is 0 Å². The molecule has 1 fully saturated rings. The second-order valence-electron chi connectivity index (χ2n) is 5.83. The monoisotopic (exact) mass is 260 g/mol. The number of aryl methyl sites for hydroxylation is 1. The average molecular weight is 260 g/mol. The lowest BCUT2D eigenvalue weighted by molar-refractivity contribution is 0.322. The molecule has 3 rings (SSSR count). The van der Waals surface area contributed by atoms with E-state index in [0.29, 0.717) is 11.8 Å². The molecule has 19 heavy (non-hydrogen) atoms. The molecule has 1 saturated heterocycles. The summed E-state index contributed by atoms with van der Waals surface area (Å²) in [6.45, 7) is 4.75. The topological polar surface area (TPSA) is 35.5 Å². The predicted octanol–water partition coefficient (Wildman–Crippen LogP) is 2.46. The average Bonchev–Trinajstić information content (AvgIpc) is 2.92. The zero-order valence-electron chi connectivity index (χ0n) is 11.6. The molecular weight excluding hydrogens is 236 g/mol. The molecule has 1 aromatic carbocycles. The molecule has 1 aliphatic carbocycles. The number of aromatic hydroxyl groups is 1. The van der Waals surface area contributed by atoms with Crippen molar-refractivity contribution >= 4 is 0 Å². The minimum absolute atomic E-state index is 0.395. The number of nitrogens with zero attached hydrogens (tertiary/aromatic N) is 1. The van der Waals surface area contributed by atoms with E-state index >= 15 is 0 Å². The summed E-state index contributed by atoms with van der Waals surface area (Å²) in [6, 6.07) is 6.27. The van der Waals surface area contributed by atoms with Gasteiger partial charge in [0.1, 0.15) is 5.75 Å². The van der Waals surface area contributed by atoms with Crippen LogP contribution in [0.4, 0.5) is 0 Å². The van der Waals surface area contributed by atoms with Gasteiger partial charge >= 0.3 is 0 Å². The van der Waals surface area contributed by atoms with Gasteiger partial charge in [-0.1, -0.05) is 6.07 Å². The number of phenols is 1. The maximum absolute atomic E-state index is 9.67. The van der Waals surface area contributed by atoms with Gasteiger partial charge < -0.3 is 15.3 Å². The van der Waals surface area contributed by atoms with Crippen molar-refractivity contribution in [3.63, 3.8) is 0 Å². The van der Waals surface area contributed by atoms with Crippen LogP contribution in [0.15, 0.2) is 18.2 Å². The lowest BCUT2D eigenvalue weighted by Crippen LogP contribution is -2.33. The fourth-order valence-corrected chi connectivity index (χ4v) is 3.40. The maximum Gasteiger partial charge on any atom is 0.115 e. The van der Waals surface area contributed by atoms with E-state index in [4.69, 9.17) is 0 Å². The molecule has 1 heterocycles. The van der Waals surface area contributed by atoms with E-state index in [1.807, 2.05) is 12.1 Å². The summed E-state index contributed by atoms with van der Waals surface area (Å²) in [4.78, 5) is 2.54. The van der Waals surface area contributed by atoms with Crippen molar-refractivity contribution in [3.05, 3.63) is 29.3 Å². The van der Waals surface area contributed by atoms with E-state index in [1.165, 1.54) is 49.9 Å². The molecule has 2 N–H and O–H groups in total. The van der Waals surface area contributed by atoms with Crippen LogP contribution < -0.4 is 5.32 Å². The number of phenolic OH excluding ortho intramolecular Hbond substituents is 1. The van der Waals surface area contributed by atoms with E-state index in [-0.39, 0.29) is 0 Å². The van der Waals surface area contributed by atoms with Crippen LogP contribution in [0.25, 0.3) is 0 Å². The summed E-state index contributed by atoms with van der Waals surface area (Å²) in [5, 5.41) is 13.3. The van der Waals surface area contributed by atoms with Crippen LogP contribution in [0.1, 0.15) is 42.9 Å². The highest BCUT2D eigenvalue weighted by Gasteiger charge is 2.20. The number of rotatable bonds is 4. The van der Waals surface area contributed by atoms with Gasteiger partial charge in [0.2, 0.25) is 0 Å². The third-order valence-electron chi connectivity index (χ3n) is 4.46. The summed E-state index contributed by atoms with van der Waals surface area (Å²) in [5.41, 5.74) is 2.72. The van der Waals surface area contributed by atoms with Crippen molar-refractivity contribution in [2.75, 3.05) is 26.2 Å². The summed E-state index contributed by atoms with van der Waals surface area (Å²) < 4.78 is 0. The Balaban J connectivity index is 1.58. The smallest absolute Gasteiger partial charge is 0.115 e. The molecule has 0 saturated carbocycles. The lowest BCUT2D eigenvalue weighted by Gasteiger charge is -2.27. The van der Waals surface area contributed by atoms with Crippen LogP contribution in [0.5, 0.6) is 5.75 Å². The van der Waals surface area contributed by atoms with Crippen LogP contribution in [0.3, 0.4) is 0 Å². The highest BCUT2D eigenvalue weighted by Crippen LogP contribution is 2.31. The molecule has 1 aromatic rings. The van der Waals surface area contributed by atoms with Crippen molar-refractivity contribution in [1.82, 2.24) is 10.2 Å². The zero-order valence-corrected chi connectivity index (χ0v) is 11.6. The molecule has 1 atom stereocenters. The minimum atomic E-state index is 0.395. The standard InChI is InChI=1S/C16H24N2O/c19-14-7-6-13-4-3-5-16(15(13)12-14)17-8-11-18-9-1-2-10-18/h6-7,12,16-17,19H,1-5,8-11H2. The Labute approximate surface area is 115 Å². The van der Waals surface area contributed by atoms with Gasteiger partial charge in [-0.05, 0) is 68.5 Å². The fourth-order valence-electron chi connectivity index (χ4n) is 3.40. The van der Waals surface area contributed by atoms with E-state index in [2.05, 4.69) is 16.3 Å². The summed E-state index contributed by atoms with van der Waals surface area (Å²) in [6.07, 6.45) is 6.32. The number of hydrogen-bond donors (Lipinski definition) is 2. The van der Waals surface area contributed by atoms with Gasteiger partial charge in [0.25, 0.3) is 0 Å². The largest absolute Gasteiger partial charge is 0.508 e. The number of likely N-dealkylation sites (tertiary alicyclic amines) is 1. The first-order chi connectivity index (χ1) is 9.33. The number of benzene rings is 1. The van der Waals surface area contributed by atoms with Gasteiger partial charge in [-0.15, -0.1) is 0 Å². The van der Waals surface area contributed by atoms with Gasteiger partial charge in [-0.2, -0.15) is 0 Å². The maximum atomic E-state index is 9.67. The Kier molecular flexibility index (Phi) is 4.04. The Morgan fingerprint density at radius 2 is 2.05 bits per heavy atom. The molecule has 0 aromatic heterocycles. The van der Waals surface area contributed by atoms with Gasteiger partial charge in [-0.3, -0.25) is 0 Å². The first kappa shape index (κ1) is 12.9. The van der Waals surface area contributed by atoms with E-state index in [0.717, 1.165) is 19.5 Å². The molecule has 104 valence electrons. The van der Waals surface area contributed by atoms with E-state index in [9.17, 15) is 5.11 Å². The van der Waals surface area contributed by atoms with Crippen LogP contribution in [0, 0.1) is 0 Å². The summed E-state index contributed by atoms with van der Waals surface area (Å²) >= 11 is 0. The second-order valence-corrected chi connectivity index (χ2v) is 5.83. The Bertz CT molecular complexity index is 427. The summed E-state index contributed by atoms with van der Waals surface area (Å²) in [5.74, 6) is 0.395. The first-order valence-electron chi connectivity index (χ1n) is 7.60. The van der Waals surface area contributed by atoms with E-state index in [1.54, 1.807) is 0 Å². The Hall–Kier alpha value is -1.06. The highest BCUT2D eigenvalue weighted by atomic mass is 16.3. The summed E-state index contributed by atoms with van der Waals surface area (Å²) in [7, 11) is 0. The quantitative estimate of drug-likeness (QED) is 0.873. The van der Waals surface area contributed by atoms with Gasteiger partial charge in [0.05, 0.1) is 0 Å². The molecule has 0 amide bonds. The molecule has 0 radical (unpaired) electrons. The van der Waals surface area contributed by atoms with Crippen LogP contribution in [-0.2, 0) is 6.42 Å². The van der Waals surface area contributed by atoms with Crippen LogP contribution in [-0.4, -0.2) is 36.2 Å². The third kappa shape index (κ3) is 3.10. The predicted molar refractivity (Wildman–Crippen MR) is 77.5 cm³/mol. The van der Waals surface area contributed by atoms with Crippen molar-refractivity contribution in [3.8, 4) is 5.75 Å².